The molecule has 2 bridgehead atoms. The molecule has 0 amide bonds. The lowest BCUT2D eigenvalue weighted by Gasteiger charge is -2.57. The second kappa shape index (κ2) is 5.16. The van der Waals surface area contributed by atoms with E-state index in [1.807, 2.05) is 6.92 Å². The maximum atomic E-state index is 13.2. The van der Waals surface area contributed by atoms with Crippen molar-refractivity contribution in [1.29, 1.82) is 0 Å². The highest BCUT2D eigenvalue weighted by Gasteiger charge is 2.59. The zero-order chi connectivity index (χ0) is 17.2. The zero-order valence-electron chi connectivity index (χ0n) is 15.3. The van der Waals surface area contributed by atoms with Crippen molar-refractivity contribution in [3.63, 3.8) is 0 Å². The smallest absolute Gasteiger partial charge is 0.145 e. The standard InChI is InChI=1S/C20H32O3/c1-12-6-7-16(21)19(5)15(12)11-20(23)9-8-13(2)14(10-17(19)22)18(20,3)4/h12,15-16,21,23H,6-11H2,1-5H3/t12-,15-,16?,19+,20-/m1/s1. The van der Waals surface area contributed by atoms with Crippen LogP contribution in [0.1, 0.15) is 73.1 Å². The van der Waals surface area contributed by atoms with Gasteiger partial charge < -0.3 is 10.2 Å². The molecule has 130 valence electrons. The van der Waals surface area contributed by atoms with Gasteiger partial charge in [0.25, 0.3) is 0 Å². The van der Waals surface area contributed by atoms with E-state index in [-0.39, 0.29) is 17.1 Å². The fourth-order valence-electron chi connectivity index (χ4n) is 5.68. The van der Waals surface area contributed by atoms with Crippen LogP contribution in [0.3, 0.4) is 0 Å². The summed E-state index contributed by atoms with van der Waals surface area (Å²) in [5, 5.41) is 22.3. The largest absolute Gasteiger partial charge is 0.392 e. The summed E-state index contributed by atoms with van der Waals surface area (Å²) in [4.78, 5) is 13.2. The Bertz CT molecular complexity index is 561. The summed E-state index contributed by atoms with van der Waals surface area (Å²) in [6.45, 7) is 10.4. The SMILES string of the molecule is CC1=C2CC(=O)[C@]3(C)C(O)CC[C@@H](C)[C@H]3C[C@](O)(CC1)C2(C)C. The first kappa shape index (κ1) is 17.2. The number of aliphatic hydroxyl groups excluding tert-OH is 1. The summed E-state index contributed by atoms with van der Waals surface area (Å²) < 4.78 is 0. The van der Waals surface area contributed by atoms with Crippen LogP contribution in [0.15, 0.2) is 11.1 Å². The van der Waals surface area contributed by atoms with E-state index < -0.39 is 17.1 Å². The number of aliphatic hydroxyl groups is 2. The van der Waals surface area contributed by atoms with Crippen LogP contribution in [-0.4, -0.2) is 27.7 Å². The highest BCUT2D eigenvalue weighted by molar-refractivity contribution is 5.88. The lowest BCUT2D eigenvalue weighted by Crippen LogP contribution is -2.59. The molecular formula is C20H32O3. The minimum atomic E-state index is -0.778. The third-order valence-corrected chi connectivity index (χ3v) is 7.89. The van der Waals surface area contributed by atoms with Crippen LogP contribution >= 0.6 is 0 Å². The molecular weight excluding hydrogens is 288 g/mol. The molecule has 1 unspecified atom stereocenters. The van der Waals surface area contributed by atoms with Gasteiger partial charge in [-0.25, -0.2) is 0 Å². The molecule has 3 nitrogen and oxygen atoms in total. The van der Waals surface area contributed by atoms with E-state index >= 15 is 0 Å². The summed E-state index contributed by atoms with van der Waals surface area (Å²) >= 11 is 0. The van der Waals surface area contributed by atoms with Gasteiger partial charge in [0, 0.05) is 11.8 Å². The predicted molar refractivity (Wildman–Crippen MR) is 90.9 cm³/mol. The molecule has 3 heteroatoms. The monoisotopic (exact) mass is 320 g/mol. The Kier molecular flexibility index (Phi) is 3.85. The molecule has 3 aliphatic rings. The van der Waals surface area contributed by atoms with Gasteiger partial charge in [0.05, 0.1) is 17.1 Å². The second-order valence-electron chi connectivity index (χ2n) is 9.18. The molecule has 3 rings (SSSR count). The Hall–Kier alpha value is -0.670. The van der Waals surface area contributed by atoms with Crippen molar-refractivity contribution in [2.24, 2.45) is 22.7 Å². The number of allylic oxidation sites excluding steroid dienone is 1. The first-order chi connectivity index (χ1) is 10.5. The number of fused-ring (bicyclic) bond motifs is 3. The minimum Gasteiger partial charge on any atom is -0.392 e. The molecule has 5 atom stereocenters. The molecule has 0 aromatic rings. The maximum Gasteiger partial charge on any atom is 0.145 e. The Labute approximate surface area is 140 Å². The van der Waals surface area contributed by atoms with Crippen LogP contribution in [0.25, 0.3) is 0 Å². The van der Waals surface area contributed by atoms with E-state index in [9.17, 15) is 15.0 Å². The highest BCUT2D eigenvalue weighted by atomic mass is 16.3. The summed E-state index contributed by atoms with van der Waals surface area (Å²) in [6, 6.07) is 0. The van der Waals surface area contributed by atoms with Crippen molar-refractivity contribution in [3.8, 4) is 0 Å². The minimum absolute atomic E-state index is 0.0583. The number of Topliss-reactive ketones (excluding diaryl/α,β-unsaturated/α-hetero) is 1. The first-order valence-corrected chi connectivity index (χ1v) is 9.17. The zero-order valence-corrected chi connectivity index (χ0v) is 15.3. The molecule has 0 aromatic carbocycles. The predicted octanol–water partition coefficient (Wildman–Crippen LogP) is 3.63. The number of hydrogen-bond acceptors (Lipinski definition) is 3. The molecule has 2 saturated carbocycles. The van der Waals surface area contributed by atoms with Crippen LogP contribution in [0.4, 0.5) is 0 Å². The summed E-state index contributed by atoms with van der Waals surface area (Å²) in [7, 11) is 0. The summed E-state index contributed by atoms with van der Waals surface area (Å²) in [5.74, 6) is 0.594. The number of carbonyl (C=O) groups excluding carboxylic acids is 1. The van der Waals surface area contributed by atoms with Crippen LogP contribution in [0.5, 0.6) is 0 Å². The maximum absolute atomic E-state index is 13.2. The van der Waals surface area contributed by atoms with Crippen molar-refractivity contribution in [1.82, 2.24) is 0 Å². The Balaban J connectivity index is 2.16. The number of carbonyl (C=O) groups is 1. The van der Waals surface area contributed by atoms with E-state index in [1.54, 1.807) is 0 Å². The third-order valence-electron chi connectivity index (χ3n) is 7.89. The Morgan fingerprint density at radius 3 is 2.48 bits per heavy atom. The molecule has 23 heavy (non-hydrogen) atoms. The van der Waals surface area contributed by atoms with Crippen molar-refractivity contribution in [3.05, 3.63) is 11.1 Å². The van der Waals surface area contributed by atoms with E-state index in [1.165, 1.54) is 5.57 Å². The molecule has 0 heterocycles. The van der Waals surface area contributed by atoms with Crippen molar-refractivity contribution in [2.75, 3.05) is 0 Å². The van der Waals surface area contributed by atoms with Crippen LogP contribution < -0.4 is 0 Å². The average Bonchev–Trinajstić information content (AvgIpc) is 2.48. The Morgan fingerprint density at radius 2 is 1.83 bits per heavy atom. The number of hydrogen-bond donors (Lipinski definition) is 2. The molecule has 0 saturated heterocycles. The van der Waals surface area contributed by atoms with Gasteiger partial charge in [-0.15, -0.1) is 0 Å². The van der Waals surface area contributed by atoms with Gasteiger partial charge in [-0.2, -0.15) is 0 Å². The second-order valence-corrected chi connectivity index (χ2v) is 9.18. The van der Waals surface area contributed by atoms with Crippen LogP contribution in [0, 0.1) is 22.7 Å². The topological polar surface area (TPSA) is 57.5 Å². The van der Waals surface area contributed by atoms with Crippen molar-refractivity contribution < 1.29 is 15.0 Å². The molecule has 2 fully saturated rings. The van der Waals surface area contributed by atoms with E-state index in [0.717, 1.165) is 24.8 Å². The molecule has 0 aromatic heterocycles. The van der Waals surface area contributed by atoms with Gasteiger partial charge in [0.2, 0.25) is 0 Å². The third kappa shape index (κ3) is 2.19. The lowest BCUT2D eigenvalue weighted by atomic mass is 9.49. The fraction of sp³-hybridized carbons (Fsp3) is 0.850. The van der Waals surface area contributed by atoms with Gasteiger partial charge in [-0.1, -0.05) is 31.9 Å². The molecule has 0 spiro atoms. The molecule has 0 aliphatic heterocycles. The first-order valence-electron chi connectivity index (χ1n) is 9.17. The average molecular weight is 320 g/mol. The van der Waals surface area contributed by atoms with Crippen LogP contribution in [-0.2, 0) is 4.79 Å². The van der Waals surface area contributed by atoms with Gasteiger partial charge in [-0.3, -0.25) is 4.79 Å². The molecule has 0 radical (unpaired) electrons. The summed E-state index contributed by atoms with van der Waals surface area (Å²) in [6.07, 6.45) is 3.70. The number of rotatable bonds is 0. The van der Waals surface area contributed by atoms with Gasteiger partial charge in [-0.05, 0) is 57.8 Å². The van der Waals surface area contributed by atoms with E-state index in [0.29, 0.717) is 25.2 Å². The van der Waals surface area contributed by atoms with Crippen molar-refractivity contribution in [2.45, 2.75) is 84.8 Å². The van der Waals surface area contributed by atoms with Gasteiger partial charge in [0.15, 0.2) is 0 Å². The lowest BCUT2D eigenvalue weighted by molar-refractivity contribution is -0.165. The summed E-state index contributed by atoms with van der Waals surface area (Å²) in [5.41, 5.74) is 0.508. The molecule has 2 N–H and O–H groups in total. The van der Waals surface area contributed by atoms with Crippen LogP contribution in [0.2, 0.25) is 0 Å². The quantitative estimate of drug-likeness (QED) is 0.670. The van der Waals surface area contributed by atoms with Crippen molar-refractivity contribution >= 4 is 5.78 Å². The molecule has 3 aliphatic carbocycles. The fourth-order valence-corrected chi connectivity index (χ4v) is 5.68. The van der Waals surface area contributed by atoms with Gasteiger partial charge >= 0.3 is 0 Å². The number of ketones is 1. The highest BCUT2D eigenvalue weighted by Crippen LogP contribution is 2.59. The Morgan fingerprint density at radius 1 is 1.17 bits per heavy atom. The van der Waals surface area contributed by atoms with E-state index in [2.05, 4.69) is 27.7 Å². The van der Waals surface area contributed by atoms with Gasteiger partial charge in [0.1, 0.15) is 5.78 Å². The van der Waals surface area contributed by atoms with E-state index in [4.69, 9.17) is 0 Å². The normalized spacial score (nSPS) is 46.9.